The van der Waals surface area contributed by atoms with Crippen molar-refractivity contribution in [2.45, 2.75) is 45.7 Å². The van der Waals surface area contributed by atoms with Crippen molar-refractivity contribution < 1.29 is 4.79 Å². The molecule has 1 saturated heterocycles. The van der Waals surface area contributed by atoms with E-state index >= 15 is 0 Å². The lowest BCUT2D eigenvalue weighted by Crippen LogP contribution is -2.45. The summed E-state index contributed by atoms with van der Waals surface area (Å²) in [5, 5.41) is 0. The zero-order chi connectivity index (χ0) is 8.43. The minimum absolute atomic E-state index is 0.436. The second-order valence-corrected chi connectivity index (χ2v) is 3.83. The largest absolute Gasteiger partial charge is 0.340 e. The van der Waals surface area contributed by atoms with Crippen molar-refractivity contribution in [1.29, 1.82) is 0 Å². The van der Waals surface area contributed by atoms with Gasteiger partial charge in [0.25, 0.3) is 0 Å². The van der Waals surface area contributed by atoms with Crippen molar-refractivity contribution in [3.8, 4) is 0 Å². The van der Waals surface area contributed by atoms with Gasteiger partial charge in [0.05, 0.1) is 0 Å². The minimum Gasteiger partial charge on any atom is -0.340 e. The Morgan fingerprint density at radius 3 is 2.00 bits per heavy atom. The van der Waals surface area contributed by atoms with Gasteiger partial charge in [-0.25, -0.2) is 0 Å². The molecule has 2 nitrogen and oxygen atoms in total. The fraction of sp³-hybridized carbons (Fsp3) is 0.889. The lowest BCUT2D eigenvalue weighted by Gasteiger charge is -2.39. The quantitative estimate of drug-likeness (QED) is 0.527. The van der Waals surface area contributed by atoms with Gasteiger partial charge in [0, 0.05) is 12.1 Å². The van der Waals surface area contributed by atoms with E-state index in [1.165, 1.54) is 0 Å². The molecule has 1 heterocycles. The van der Waals surface area contributed by atoms with Gasteiger partial charge < -0.3 is 4.90 Å². The maximum atomic E-state index is 10.6. The highest BCUT2D eigenvalue weighted by Crippen LogP contribution is 2.25. The van der Waals surface area contributed by atoms with Gasteiger partial charge in [-0.1, -0.05) is 6.92 Å². The van der Waals surface area contributed by atoms with Crippen LogP contribution in [0.5, 0.6) is 0 Å². The van der Waals surface area contributed by atoms with Crippen LogP contribution >= 0.6 is 0 Å². The van der Waals surface area contributed by atoms with Gasteiger partial charge in [-0.05, 0) is 32.6 Å². The maximum absolute atomic E-state index is 10.6. The van der Waals surface area contributed by atoms with Gasteiger partial charge in [0.2, 0.25) is 6.41 Å². The molecule has 0 spiro atoms. The van der Waals surface area contributed by atoms with Crippen LogP contribution < -0.4 is 0 Å². The van der Waals surface area contributed by atoms with E-state index in [0.717, 1.165) is 25.2 Å². The lowest BCUT2D eigenvalue weighted by atomic mass is 9.89. The Morgan fingerprint density at radius 2 is 1.64 bits per heavy atom. The Morgan fingerprint density at radius 1 is 1.18 bits per heavy atom. The molecule has 2 heteroatoms. The van der Waals surface area contributed by atoms with E-state index in [2.05, 4.69) is 20.8 Å². The molecule has 2 unspecified atom stereocenters. The van der Waals surface area contributed by atoms with E-state index in [0.29, 0.717) is 12.1 Å². The van der Waals surface area contributed by atoms with Crippen LogP contribution in [0, 0.1) is 5.92 Å². The van der Waals surface area contributed by atoms with E-state index < -0.39 is 0 Å². The van der Waals surface area contributed by atoms with Gasteiger partial charge in [-0.15, -0.1) is 0 Å². The molecule has 1 fully saturated rings. The van der Waals surface area contributed by atoms with Gasteiger partial charge >= 0.3 is 0 Å². The number of amides is 1. The highest BCUT2D eigenvalue weighted by atomic mass is 16.1. The standard InChI is InChI=1S/C9H17NO/c1-7-4-8(2)10(6-11)9(3)5-7/h6-9H,4-5H2,1-3H3. The molecular formula is C9H17NO. The first-order valence-electron chi connectivity index (χ1n) is 4.38. The number of carbonyl (C=O) groups excluding carboxylic acids is 1. The van der Waals surface area contributed by atoms with Crippen LogP contribution in [0.25, 0.3) is 0 Å². The number of piperidine rings is 1. The summed E-state index contributed by atoms with van der Waals surface area (Å²) in [5.74, 6) is 0.774. The summed E-state index contributed by atoms with van der Waals surface area (Å²) in [7, 11) is 0. The molecule has 0 bridgehead atoms. The summed E-state index contributed by atoms with van der Waals surface area (Å²) in [5.41, 5.74) is 0. The van der Waals surface area contributed by atoms with Gasteiger partial charge in [-0.2, -0.15) is 0 Å². The number of likely N-dealkylation sites (tertiary alicyclic amines) is 1. The van der Waals surface area contributed by atoms with Crippen LogP contribution in [0.2, 0.25) is 0 Å². The van der Waals surface area contributed by atoms with Crippen LogP contribution in [-0.2, 0) is 4.79 Å². The van der Waals surface area contributed by atoms with Crippen molar-refractivity contribution in [3.63, 3.8) is 0 Å². The molecule has 64 valence electrons. The second-order valence-electron chi connectivity index (χ2n) is 3.83. The van der Waals surface area contributed by atoms with Crippen LogP contribution in [0.3, 0.4) is 0 Å². The first-order chi connectivity index (χ1) is 5.15. The molecule has 0 aromatic rings. The van der Waals surface area contributed by atoms with E-state index in [4.69, 9.17) is 0 Å². The van der Waals surface area contributed by atoms with Gasteiger partial charge in [0.15, 0.2) is 0 Å². The van der Waals surface area contributed by atoms with Crippen molar-refractivity contribution >= 4 is 6.41 Å². The number of carbonyl (C=O) groups is 1. The zero-order valence-electron chi connectivity index (χ0n) is 7.58. The molecule has 0 saturated carbocycles. The van der Waals surface area contributed by atoms with Crippen LogP contribution in [0.4, 0.5) is 0 Å². The van der Waals surface area contributed by atoms with Crippen molar-refractivity contribution in [2.24, 2.45) is 5.92 Å². The Labute approximate surface area is 68.6 Å². The average molecular weight is 155 g/mol. The fourth-order valence-electron chi connectivity index (χ4n) is 2.15. The lowest BCUT2D eigenvalue weighted by molar-refractivity contribution is -0.124. The maximum Gasteiger partial charge on any atom is 0.210 e. The molecule has 1 rings (SSSR count). The molecule has 0 radical (unpaired) electrons. The normalized spacial score (nSPS) is 38.8. The highest BCUT2D eigenvalue weighted by Gasteiger charge is 2.26. The van der Waals surface area contributed by atoms with E-state index in [-0.39, 0.29) is 0 Å². The monoisotopic (exact) mass is 155 g/mol. The molecule has 2 atom stereocenters. The first kappa shape index (κ1) is 8.57. The van der Waals surface area contributed by atoms with Crippen LogP contribution in [0.15, 0.2) is 0 Å². The third-order valence-electron chi connectivity index (χ3n) is 2.63. The number of hydrogen-bond donors (Lipinski definition) is 0. The number of rotatable bonds is 1. The Balaban J connectivity index is 2.58. The van der Waals surface area contributed by atoms with E-state index in [9.17, 15) is 4.79 Å². The van der Waals surface area contributed by atoms with Crippen molar-refractivity contribution in [3.05, 3.63) is 0 Å². The summed E-state index contributed by atoms with van der Waals surface area (Å²) >= 11 is 0. The summed E-state index contributed by atoms with van der Waals surface area (Å²) in [6, 6.07) is 0.873. The first-order valence-corrected chi connectivity index (χ1v) is 4.38. The Bertz CT molecular complexity index is 134. The van der Waals surface area contributed by atoms with E-state index in [1.807, 2.05) is 4.90 Å². The summed E-state index contributed by atoms with van der Waals surface area (Å²) in [4.78, 5) is 12.5. The third kappa shape index (κ3) is 1.73. The smallest absolute Gasteiger partial charge is 0.210 e. The van der Waals surface area contributed by atoms with Gasteiger partial charge in [0.1, 0.15) is 0 Å². The predicted octanol–water partition coefficient (Wildman–Crippen LogP) is 1.65. The highest BCUT2D eigenvalue weighted by molar-refractivity contribution is 5.48. The SMILES string of the molecule is CC1CC(C)N(C=O)C(C)C1. The Hall–Kier alpha value is -0.530. The molecule has 0 aromatic carbocycles. The predicted molar refractivity (Wildman–Crippen MR) is 45.2 cm³/mol. The summed E-state index contributed by atoms with van der Waals surface area (Å²) in [6.45, 7) is 6.51. The number of hydrogen-bond acceptors (Lipinski definition) is 1. The molecule has 1 aliphatic rings. The number of nitrogens with zero attached hydrogens (tertiary/aromatic N) is 1. The summed E-state index contributed by atoms with van der Waals surface area (Å²) in [6.07, 6.45) is 3.30. The van der Waals surface area contributed by atoms with Crippen molar-refractivity contribution in [1.82, 2.24) is 4.90 Å². The molecule has 0 aliphatic carbocycles. The second kappa shape index (κ2) is 3.24. The van der Waals surface area contributed by atoms with Crippen molar-refractivity contribution in [2.75, 3.05) is 0 Å². The molecule has 1 amide bonds. The van der Waals surface area contributed by atoms with E-state index in [1.54, 1.807) is 0 Å². The van der Waals surface area contributed by atoms with Crippen LogP contribution in [-0.4, -0.2) is 23.4 Å². The zero-order valence-corrected chi connectivity index (χ0v) is 7.58. The summed E-state index contributed by atoms with van der Waals surface area (Å²) < 4.78 is 0. The minimum atomic E-state index is 0.436. The topological polar surface area (TPSA) is 20.3 Å². The molecule has 11 heavy (non-hydrogen) atoms. The Kier molecular flexibility index (Phi) is 2.53. The third-order valence-corrected chi connectivity index (χ3v) is 2.63. The molecule has 0 aromatic heterocycles. The molecular weight excluding hydrogens is 138 g/mol. The fourth-order valence-corrected chi connectivity index (χ4v) is 2.15. The van der Waals surface area contributed by atoms with Gasteiger partial charge in [-0.3, -0.25) is 4.79 Å². The average Bonchev–Trinajstić information content (AvgIpc) is 1.85. The van der Waals surface area contributed by atoms with Crippen LogP contribution in [0.1, 0.15) is 33.6 Å². The molecule has 1 aliphatic heterocycles. The molecule has 0 N–H and O–H groups in total.